The smallest absolute Gasteiger partial charge is 0.306 e. The highest BCUT2D eigenvalue weighted by Gasteiger charge is 2.35. The molecule has 0 aliphatic heterocycles. The van der Waals surface area contributed by atoms with Gasteiger partial charge < -0.3 is 19.1 Å². The van der Waals surface area contributed by atoms with Gasteiger partial charge in [0.05, 0.1) is 18.7 Å². The average molecular weight is 416 g/mol. The Bertz CT molecular complexity index is 805. The van der Waals surface area contributed by atoms with E-state index in [1.165, 1.54) is 0 Å². The van der Waals surface area contributed by atoms with Gasteiger partial charge in [-0.15, -0.1) is 0 Å². The highest BCUT2D eigenvalue weighted by atomic mass is 16.6. The van der Waals surface area contributed by atoms with Gasteiger partial charge in [-0.2, -0.15) is 0 Å². The third-order valence-electron chi connectivity index (χ3n) is 5.13. The van der Waals surface area contributed by atoms with E-state index < -0.39 is 5.60 Å². The molecule has 6 nitrogen and oxygen atoms in total. The number of carbonyl (C=O) groups is 1. The second kappa shape index (κ2) is 10.2. The van der Waals surface area contributed by atoms with Crippen LogP contribution in [0, 0.1) is 0 Å². The van der Waals surface area contributed by atoms with Crippen LogP contribution in [0.3, 0.4) is 0 Å². The van der Waals surface area contributed by atoms with Crippen molar-refractivity contribution >= 4 is 5.97 Å². The maximum Gasteiger partial charge on any atom is 0.306 e. The van der Waals surface area contributed by atoms with Gasteiger partial charge in [-0.3, -0.25) is 4.79 Å². The number of carbonyl (C=O) groups excluding carboxylic acids is 1. The maximum atomic E-state index is 12.5. The minimum absolute atomic E-state index is 0.111. The first-order chi connectivity index (χ1) is 14.4. The standard InChI is InChI=1S/C24H33NO5/c1-24(2,3)29-21(27)14-19(10-7-13-28-16-17-8-5-4-6-9-17)23-22(18-11-12-18)20(15-26)30-25-23/h4-6,8-9,18-19,26H,7,10-16H2,1-3H3/t19-/m0/s1. The van der Waals surface area contributed by atoms with Crippen molar-refractivity contribution in [1.82, 2.24) is 5.16 Å². The SMILES string of the molecule is CC(C)(C)OC(=O)C[C@H](CCCOCc1ccccc1)c1noc(CO)c1C1CC1. The molecular formula is C24H33NO5. The number of aliphatic hydroxyl groups is 1. The van der Waals surface area contributed by atoms with Gasteiger partial charge in [0.2, 0.25) is 0 Å². The summed E-state index contributed by atoms with van der Waals surface area (Å²) in [4.78, 5) is 12.5. The van der Waals surface area contributed by atoms with Gasteiger partial charge in [-0.25, -0.2) is 0 Å². The second-order valence-electron chi connectivity index (χ2n) is 9.00. The second-order valence-corrected chi connectivity index (χ2v) is 9.00. The Hall–Kier alpha value is -2.18. The molecule has 0 saturated heterocycles. The summed E-state index contributed by atoms with van der Waals surface area (Å²) in [5.74, 6) is 0.554. The topological polar surface area (TPSA) is 81.8 Å². The Kier molecular flexibility index (Phi) is 7.67. The van der Waals surface area contributed by atoms with E-state index in [1.807, 2.05) is 51.1 Å². The summed E-state index contributed by atoms with van der Waals surface area (Å²) in [6.07, 6.45) is 3.92. The first kappa shape index (κ1) is 22.5. The molecule has 0 unspecified atom stereocenters. The van der Waals surface area contributed by atoms with Crippen LogP contribution in [0.4, 0.5) is 0 Å². The number of aromatic nitrogens is 1. The number of hydrogen-bond acceptors (Lipinski definition) is 6. The third kappa shape index (κ3) is 6.67. The molecule has 1 atom stereocenters. The highest BCUT2D eigenvalue weighted by Crippen LogP contribution is 2.46. The minimum Gasteiger partial charge on any atom is -0.460 e. The molecule has 2 aromatic rings. The lowest BCUT2D eigenvalue weighted by Crippen LogP contribution is -2.25. The zero-order chi connectivity index (χ0) is 21.6. The van der Waals surface area contributed by atoms with Gasteiger partial charge in [0, 0.05) is 18.1 Å². The Balaban J connectivity index is 1.62. The molecule has 1 aliphatic carbocycles. The fourth-order valence-electron chi connectivity index (χ4n) is 3.68. The number of aliphatic hydroxyl groups excluding tert-OH is 1. The van der Waals surface area contributed by atoms with Crippen molar-refractivity contribution in [2.24, 2.45) is 0 Å². The number of ether oxygens (including phenoxy) is 2. The molecular weight excluding hydrogens is 382 g/mol. The Morgan fingerprint density at radius 1 is 1.27 bits per heavy atom. The molecule has 1 fully saturated rings. The van der Waals surface area contributed by atoms with Gasteiger partial charge in [0.1, 0.15) is 12.2 Å². The molecule has 0 amide bonds. The predicted octanol–water partition coefficient (Wildman–Crippen LogP) is 4.86. The average Bonchev–Trinajstić information content (AvgIpc) is 3.44. The van der Waals surface area contributed by atoms with E-state index in [4.69, 9.17) is 14.0 Å². The lowest BCUT2D eigenvalue weighted by atomic mass is 9.91. The van der Waals surface area contributed by atoms with Gasteiger partial charge in [-0.05, 0) is 57.9 Å². The van der Waals surface area contributed by atoms with Crippen LogP contribution in [0.25, 0.3) is 0 Å². The summed E-state index contributed by atoms with van der Waals surface area (Å²) in [5.41, 5.74) is 2.41. The molecule has 0 spiro atoms. The lowest BCUT2D eigenvalue weighted by molar-refractivity contribution is -0.155. The first-order valence-electron chi connectivity index (χ1n) is 10.8. The summed E-state index contributed by atoms with van der Waals surface area (Å²) in [7, 11) is 0. The minimum atomic E-state index is -0.528. The largest absolute Gasteiger partial charge is 0.460 e. The molecule has 1 aromatic heterocycles. The molecule has 1 heterocycles. The molecule has 0 bridgehead atoms. The first-order valence-corrected chi connectivity index (χ1v) is 10.8. The molecule has 1 aliphatic rings. The molecule has 164 valence electrons. The zero-order valence-electron chi connectivity index (χ0n) is 18.2. The Morgan fingerprint density at radius 2 is 2.00 bits per heavy atom. The molecule has 6 heteroatoms. The maximum absolute atomic E-state index is 12.5. The number of rotatable bonds is 11. The third-order valence-corrected chi connectivity index (χ3v) is 5.13. The van der Waals surface area contributed by atoms with E-state index >= 15 is 0 Å². The van der Waals surface area contributed by atoms with E-state index in [0.717, 1.165) is 42.5 Å². The molecule has 30 heavy (non-hydrogen) atoms. The van der Waals surface area contributed by atoms with Gasteiger partial charge in [0.25, 0.3) is 0 Å². The van der Waals surface area contributed by atoms with Crippen LogP contribution in [-0.4, -0.2) is 28.4 Å². The molecule has 0 radical (unpaired) electrons. The number of hydrogen-bond donors (Lipinski definition) is 1. The predicted molar refractivity (Wildman–Crippen MR) is 113 cm³/mol. The van der Waals surface area contributed by atoms with E-state index in [2.05, 4.69) is 5.16 Å². The highest BCUT2D eigenvalue weighted by molar-refractivity contribution is 5.71. The van der Waals surface area contributed by atoms with E-state index in [9.17, 15) is 9.90 Å². The normalized spacial score (nSPS) is 15.2. The van der Waals surface area contributed by atoms with Gasteiger partial charge in [0.15, 0.2) is 5.76 Å². The fraction of sp³-hybridized carbons (Fsp3) is 0.583. The van der Waals surface area contributed by atoms with Crippen molar-refractivity contribution in [1.29, 1.82) is 0 Å². The number of nitrogens with zero attached hydrogens (tertiary/aromatic N) is 1. The van der Waals surface area contributed by atoms with Crippen LogP contribution in [0.2, 0.25) is 0 Å². The summed E-state index contributed by atoms with van der Waals surface area (Å²) >= 11 is 0. The van der Waals surface area contributed by atoms with Crippen molar-refractivity contribution in [3.8, 4) is 0 Å². The van der Waals surface area contributed by atoms with Crippen LogP contribution in [0.5, 0.6) is 0 Å². The summed E-state index contributed by atoms with van der Waals surface area (Å²) < 4.78 is 16.8. The van der Waals surface area contributed by atoms with Crippen molar-refractivity contribution < 1.29 is 23.9 Å². The van der Waals surface area contributed by atoms with Crippen molar-refractivity contribution in [3.05, 3.63) is 52.9 Å². The number of benzene rings is 1. The Labute approximate surface area is 178 Å². The zero-order valence-corrected chi connectivity index (χ0v) is 18.2. The van der Waals surface area contributed by atoms with Gasteiger partial charge >= 0.3 is 5.97 Å². The van der Waals surface area contributed by atoms with Gasteiger partial charge in [-0.1, -0.05) is 35.5 Å². The molecule has 1 N–H and O–H groups in total. The van der Waals surface area contributed by atoms with Crippen molar-refractivity contribution in [2.75, 3.05) is 6.61 Å². The van der Waals surface area contributed by atoms with Crippen LogP contribution < -0.4 is 0 Å². The van der Waals surface area contributed by atoms with Crippen molar-refractivity contribution in [3.63, 3.8) is 0 Å². The molecule has 1 saturated carbocycles. The van der Waals surface area contributed by atoms with E-state index in [-0.39, 0.29) is 24.9 Å². The van der Waals surface area contributed by atoms with E-state index in [1.54, 1.807) is 0 Å². The summed E-state index contributed by atoms with van der Waals surface area (Å²) in [6.45, 7) is 6.61. The van der Waals surface area contributed by atoms with Crippen LogP contribution in [-0.2, 0) is 27.5 Å². The summed E-state index contributed by atoms with van der Waals surface area (Å²) in [6, 6.07) is 10.1. The number of esters is 1. The molecule has 1 aromatic carbocycles. The molecule has 3 rings (SSSR count). The summed E-state index contributed by atoms with van der Waals surface area (Å²) in [5, 5.41) is 13.9. The fourth-order valence-corrected chi connectivity index (χ4v) is 3.68. The van der Waals surface area contributed by atoms with Crippen LogP contribution in [0.15, 0.2) is 34.9 Å². The lowest BCUT2D eigenvalue weighted by Gasteiger charge is -2.22. The van der Waals surface area contributed by atoms with Crippen LogP contribution in [0.1, 0.15) is 87.3 Å². The Morgan fingerprint density at radius 3 is 2.63 bits per heavy atom. The van der Waals surface area contributed by atoms with Crippen LogP contribution >= 0.6 is 0 Å². The monoisotopic (exact) mass is 415 g/mol. The quantitative estimate of drug-likeness (QED) is 0.417. The van der Waals surface area contributed by atoms with Crippen molar-refractivity contribution in [2.45, 2.75) is 83.5 Å². The van der Waals surface area contributed by atoms with E-state index in [0.29, 0.717) is 24.9 Å².